The summed E-state index contributed by atoms with van der Waals surface area (Å²) in [7, 11) is 0. The molecule has 1 aromatic heterocycles. The van der Waals surface area contributed by atoms with Crippen molar-refractivity contribution in [1.82, 2.24) is 9.55 Å². The summed E-state index contributed by atoms with van der Waals surface area (Å²) in [6.45, 7) is 4.66. The molecule has 0 aromatic carbocycles. The number of aliphatic hydroxyl groups is 1. The van der Waals surface area contributed by atoms with Crippen LogP contribution < -0.4 is 5.69 Å². The van der Waals surface area contributed by atoms with Crippen molar-refractivity contribution in [2.45, 2.75) is 39.7 Å². The SMILES string of the molecule is Cc1cc(C)n(CCCCCO)c(=O)n1. The maximum absolute atomic E-state index is 11.5. The third-order valence-electron chi connectivity index (χ3n) is 2.39. The van der Waals surface area contributed by atoms with Crippen LogP contribution in [0.1, 0.15) is 30.7 Å². The van der Waals surface area contributed by atoms with E-state index in [0.29, 0.717) is 6.54 Å². The molecule has 0 aliphatic heterocycles. The fourth-order valence-electron chi connectivity index (χ4n) is 1.61. The zero-order valence-electron chi connectivity index (χ0n) is 9.36. The fourth-order valence-corrected chi connectivity index (χ4v) is 1.61. The Labute approximate surface area is 89.6 Å². The molecule has 1 heterocycles. The fraction of sp³-hybridized carbons (Fsp3) is 0.636. The molecule has 0 aliphatic carbocycles. The quantitative estimate of drug-likeness (QED) is 0.738. The minimum absolute atomic E-state index is 0.170. The molecule has 0 saturated heterocycles. The van der Waals surface area contributed by atoms with Crippen LogP contribution in [0.2, 0.25) is 0 Å². The van der Waals surface area contributed by atoms with Crippen molar-refractivity contribution in [3.05, 3.63) is 27.9 Å². The molecule has 0 amide bonds. The summed E-state index contributed by atoms with van der Waals surface area (Å²) in [5, 5.41) is 8.63. The molecule has 1 aromatic rings. The Morgan fingerprint density at radius 1 is 1.33 bits per heavy atom. The van der Waals surface area contributed by atoms with Gasteiger partial charge in [-0.05, 0) is 39.2 Å². The number of aliphatic hydroxyl groups excluding tert-OH is 1. The van der Waals surface area contributed by atoms with Crippen LogP contribution in [-0.2, 0) is 6.54 Å². The molecular weight excluding hydrogens is 192 g/mol. The molecule has 0 aliphatic rings. The lowest BCUT2D eigenvalue weighted by Gasteiger charge is -2.08. The minimum Gasteiger partial charge on any atom is -0.396 e. The molecule has 0 saturated carbocycles. The Balaban J connectivity index is 2.65. The number of unbranched alkanes of at least 4 members (excludes halogenated alkanes) is 2. The van der Waals surface area contributed by atoms with E-state index in [2.05, 4.69) is 4.98 Å². The second-order valence-corrected chi connectivity index (χ2v) is 3.76. The molecule has 15 heavy (non-hydrogen) atoms. The van der Waals surface area contributed by atoms with Crippen molar-refractivity contribution in [2.75, 3.05) is 6.61 Å². The van der Waals surface area contributed by atoms with Crippen LogP contribution >= 0.6 is 0 Å². The molecule has 1 rings (SSSR count). The van der Waals surface area contributed by atoms with E-state index >= 15 is 0 Å². The highest BCUT2D eigenvalue weighted by atomic mass is 16.2. The van der Waals surface area contributed by atoms with Gasteiger partial charge in [0, 0.05) is 24.5 Å². The zero-order valence-corrected chi connectivity index (χ0v) is 9.36. The van der Waals surface area contributed by atoms with Crippen molar-refractivity contribution in [2.24, 2.45) is 0 Å². The normalized spacial score (nSPS) is 10.6. The third kappa shape index (κ3) is 3.47. The van der Waals surface area contributed by atoms with Gasteiger partial charge in [0.2, 0.25) is 0 Å². The topological polar surface area (TPSA) is 55.1 Å². The number of hydrogen-bond acceptors (Lipinski definition) is 3. The zero-order chi connectivity index (χ0) is 11.3. The predicted molar refractivity (Wildman–Crippen MR) is 58.9 cm³/mol. The number of aromatic nitrogens is 2. The van der Waals surface area contributed by atoms with Gasteiger partial charge in [-0.3, -0.25) is 4.57 Å². The molecule has 0 atom stereocenters. The van der Waals surface area contributed by atoms with E-state index in [4.69, 9.17) is 5.11 Å². The summed E-state index contributed by atoms with van der Waals surface area (Å²) in [4.78, 5) is 15.4. The highest BCUT2D eigenvalue weighted by Gasteiger charge is 2.01. The van der Waals surface area contributed by atoms with Crippen molar-refractivity contribution in [3.8, 4) is 0 Å². The van der Waals surface area contributed by atoms with E-state index < -0.39 is 0 Å². The van der Waals surface area contributed by atoms with E-state index in [1.807, 2.05) is 19.9 Å². The highest BCUT2D eigenvalue weighted by Crippen LogP contribution is 2.01. The lowest BCUT2D eigenvalue weighted by atomic mass is 10.2. The largest absolute Gasteiger partial charge is 0.396 e. The van der Waals surface area contributed by atoms with Crippen molar-refractivity contribution in [3.63, 3.8) is 0 Å². The van der Waals surface area contributed by atoms with Crippen molar-refractivity contribution < 1.29 is 5.11 Å². The maximum Gasteiger partial charge on any atom is 0.347 e. The average molecular weight is 210 g/mol. The van der Waals surface area contributed by atoms with Gasteiger partial charge in [-0.2, -0.15) is 4.98 Å². The summed E-state index contributed by atoms with van der Waals surface area (Å²) >= 11 is 0. The molecule has 0 bridgehead atoms. The van der Waals surface area contributed by atoms with Gasteiger partial charge in [0.05, 0.1) is 0 Å². The van der Waals surface area contributed by atoms with Gasteiger partial charge in [0.25, 0.3) is 0 Å². The molecular formula is C11H18N2O2. The number of aryl methyl sites for hydroxylation is 2. The number of rotatable bonds is 5. The van der Waals surface area contributed by atoms with E-state index in [0.717, 1.165) is 30.7 Å². The monoisotopic (exact) mass is 210 g/mol. The average Bonchev–Trinajstić information content (AvgIpc) is 2.15. The first kappa shape index (κ1) is 11.9. The van der Waals surface area contributed by atoms with Crippen molar-refractivity contribution >= 4 is 0 Å². The smallest absolute Gasteiger partial charge is 0.347 e. The molecule has 4 heteroatoms. The first-order chi connectivity index (χ1) is 7.15. The van der Waals surface area contributed by atoms with Gasteiger partial charge in [-0.1, -0.05) is 0 Å². The molecule has 84 valence electrons. The Morgan fingerprint density at radius 2 is 2.07 bits per heavy atom. The first-order valence-corrected chi connectivity index (χ1v) is 5.31. The first-order valence-electron chi connectivity index (χ1n) is 5.31. The van der Waals surface area contributed by atoms with Crippen LogP contribution in [0.15, 0.2) is 10.9 Å². The second kappa shape index (κ2) is 5.66. The van der Waals surface area contributed by atoms with E-state index in [9.17, 15) is 4.79 Å². The van der Waals surface area contributed by atoms with Gasteiger partial charge in [-0.25, -0.2) is 4.79 Å². The number of nitrogens with zero attached hydrogens (tertiary/aromatic N) is 2. The van der Waals surface area contributed by atoms with Crippen LogP contribution in [0.25, 0.3) is 0 Å². The van der Waals surface area contributed by atoms with Gasteiger partial charge >= 0.3 is 5.69 Å². The van der Waals surface area contributed by atoms with Gasteiger partial charge in [0.15, 0.2) is 0 Å². The lowest BCUT2D eigenvalue weighted by molar-refractivity contribution is 0.281. The Morgan fingerprint density at radius 3 is 2.67 bits per heavy atom. The Kier molecular flexibility index (Phi) is 4.49. The molecule has 4 nitrogen and oxygen atoms in total. The van der Waals surface area contributed by atoms with E-state index in [1.54, 1.807) is 4.57 Å². The molecule has 0 spiro atoms. The van der Waals surface area contributed by atoms with Gasteiger partial charge < -0.3 is 5.11 Å². The molecule has 0 unspecified atom stereocenters. The summed E-state index contributed by atoms with van der Waals surface area (Å²) in [6.07, 6.45) is 2.65. The molecule has 1 N–H and O–H groups in total. The molecule has 0 radical (unpaired) electrons. The Hall–Kier alpha value is -1.16. The van der Waals surface area contributed by atoms with E-state index in [1.165, 1.54) is 0 Å². The van der Waals surface area contributed by atoms with E-state index in [-0.39, 0.29) is 12.3 Å². The maximum atomic E-state index is 11.5. The highest BCUT2D eigenvalue weighted by molar-refractivity contribution is 5.06. The van der Waals surface area contributed by atoms with Crippen LogP contribution in [0.4, 0.5) is 0 Å². The van der Waals surface area contributed by atoms with Crippen LogP contribution in [0.5, 0.6) is 0 Å². The Bertz CT molecular complexity index is 371. The molecule has 0 fully saturated rings. The predicted octanol–water partition coefficient (Wildman–Crippen LogP) is 1.02. The third-order valence-corrected chi connectivity index (χ3v) is 2.39. The minimum atomic E-state index is -0.170. The van der Waals surface area contributed by atoms with Crippen molar-refractivity contribution in [1.29, 1.82) is 0 Å². The lowest BCUT2D eigenvalue weighted by Crippen LogP contribution is -2.25. The summed E-state index contributed by atoms with van der Waals surface area (Å²) in [5.41, 5.74) is 1.55. The summed E-state index contributed by atoms with van der Waals surface area (Å²) in [5.74, 6) is 0. The standard InChI is InChI=1S/C11H18N2O2/c1-9-8-10(2)13(11(15)12-9)6-4-3-5-7-14/h8,14H,3-7H2,1-2H3. The van der Waals surface area contributed by atoms with Crippen LogP contribution in [0.3, 0.4) is 0 Å². The van der Waals surface area contributed by atoms with Crippen LogP contribution in [-0.4, -0.2) is 21.3 Å². The number of hydrogen-bond donors (Lipinski definition) is 1. The van der Waals surface area contributed by atoms with Gasteiger partial charge in [0.1, 0.15) is 0 Å². The summed E-state index contributed by atoms with van der Waals surface area (Å²) in [6, 6.07) is 1.91. The second-order valence-electron chi connectivity index (χ2n) is 3.76. The summed E-state index contributed by atoms with van der Waals surface area (Å²) < 4.78 is 1.68. The van der Waals surface area contributed by atoms with Gasteiger partial charge in [-0.15, -0.1) is 0 Å². The van der Waals surface area contributed by atoms with Crippen LogP contribution in [0, 0.1) is 13.8 Å².